The van der Waals surface area contributed by atoms with E-state index in [0.29, 0.717) is 11.8 Å². The topological polar surface area (TPSA) is 93.5 Å². The van der Waals surface area contributed by atoms with E-state index in [1.54, 1.807) is 12.1 Å². The van der Waals surface area contributed by atoms with Gasteiger partial charge in [0.1, 0.15) is 5.75 Å². The summed E-state index contributed by atoms with van der Waals surface area (Å²) in [5, 5.41) is 5.63. The first-order valence-electron chi connectivity index (χ1n) is 7.10. The summed E-state index contributed by atoms with van der Waals surface area (Å²) in [6.07, 6.45) is 2.12. The molecular weight excluding hydrogens is 306 g/mol. The van der Waals surface area contributed by atoms with Gasteiger partial charge in [-0.15, -0.1) is 12.4 Å². The summed E-state index contributed by atoms with van der Waals surface area (Å²) >= 11 is 0. The summed E-state index contributed by atoms with van der Waals surface area (Å²) in [4.78, 5) is 22.7. The SMILES string of the molecule is CC(NC(=O)CN)c1ccc(OCC(=O)NC2CC2)cc1.Cl. The first-order valence-corrected chi connectivity index (χ1v) is 7.10. The lowest BCUT2D eigenvalue weighted by Gasteiger charge is -2.14. The lowest BCUT2D eigenvalue weighted by molar-refractivity contribution is -0.123. The van der Waals surface area contributed by atoms with Crippen LogP contribution in [0.3, 0.4) is 0 Å². The number of benzene rings is 1. The maximum Gasteiger partial charge on any atom is 0.258 e. The molecule has 0 saturated heterocycles. The molecule has 122 valence electrons. The minimum atomic E-state index is -0.195. The van der Waals surface area contributed by atoms with Crippen molar-refractivity contribution < 1.29 is 14.3 Å². The smallest absolute Gasteiger partial charge is 0.258 e. The number of hydrogen-bond acceptors (Lipinski definition) is 4. The number of halogens is 1. The maximum atomic E-state index is 11.5. The fraction of sp³-hybridized carbons (Fsp3) is 0.467. The second kappa shape index (κ2) is 8.60. The van der Waals surface area contributed by atoms with Crippen LogP contribution in [0.15, 0.2) is 24.3 Å². The van der Waals surface area contributed by atoms with Gasteiger partial charge in [-0.1, -0.05) is 12.1 Å². The van der Waals surface area contributed by atoms with Crippen LogP contribution in [-0.2, 0) is 9.59 Å². The molecule has 1 aromatic rings. The number of hydrogen-bond donors (Lipinski definition) is 3. The van der Waals surface area contributed by atoms with Gasteiger partial charge >= 0.3 is 0 Å². The van der Waals surface area contributed by atoms with Gasteiger partial charge in [-0.2, -0.15) is 0 Å². The summed E-state index contributed by atoms with van der Waals surface area (Å²) < 4.78 is 5.41. The maximum absolute atomic E-state index is 11.5. The van der Waals surface area contributed by atoms with Gasteiger partial charge in [0.25, 0.3) is 5.91 Å². The molecule has 2 rings (SSSR count). The van der Waals surface area contributed by atoms with E-state index in [0.717, 1.165) is 18.4 Å². The first kappa shape index (κ1) is 18.3. The molecule has 1 atom stereocenters. The Labute approximate surface area is 136 Å². The molecule has 0 radical (unpaired) electrons. The van der Waals surface area contributed by atoms with E-state index in [1.165, 1.54) is 0 Å². The van der Waals surface area contributed by atoms with Gasteiger partial charge < -0.3 is 21.1 Å². The third kappa shape index (κ3) is 5.91. The predicted molar refractivity (Wildman–Crippen MR) is 86.0 cm³/mol. The van der Waals surface area contributed by atoms with Crippen LogP contribution in [0, 0.1) is 0 Å². The largest absolute Gasteiger partial charge is 0.484 e. The molecule has 2 amide bonds. The molecule has 6 nitrogen and oxygen atoms in total. The molecule has 0 aromatic heterocycles. The minimum Gasteiger partial charge on any atom is -0.484 e. The van der Waals surface area contributed by atoms with Crippen molar-refractivity contribution in [3.63, 3.8) is 0 Å². The zero-order chi connectivity index (χ0) is 15.2. The van der Waals surface area contributed by atoms with Crippen LogP contribution >= 0.6 is 12.4 Å². The van der Waals surface area contributed by atoms with E-state index in [4.69, 9.17) is 10.5 Å². The average Bonchev–Trinajstić information content (AvgIpc) is 3.29. The molecule has 0 bridgehead atoms. The van der Waals surface area contributed by atoms with Crippen molar-refractivity contribution in [2.24, 2.45) is 5.73 Å². The van der Waals surface area contributed by atoms with Crippen LogP contribution in [0.1, 0.15) is 31.4 Å². The van der Waals surface area contributed by atoms with Crippen molar-refractivity contribution >= 4 is 24.2 Å². The van der Waals surface area contributed by atoms with Gasteiger partial charge in [0.15, 0.2) is 6.61 Å². The summed E-state index contributed by atoms with van der Waals surface area (Å²) in [6.45, 7) is 1.88. The monoisotopic (exact) mass is 327 g/mol. The fourth-order valence-corrected chi connectivity index (χ4v) is 1.88. The number of carbonyl (C=O) groups is 2. The molecule has 1 unspecified atom stereocenters. The van der Waals surface area contributed by atoms with Gasteiger partial charge in [-0.25, -0.2) is 0 Å². The van der Waals surface area contributed by atoms with Crippen LogP contribution < -0.4 is 21.1 Å². The van der Waals surface area contributed by atoms with E-state index in [9.17, 15) is 9.59 Å². The normalized spacial score (nSPS) is 14.5. The standard InChI is InChI=1S/C15H21N3O3.ClH/c1-10(17-14(19)8-16)11-2-6-13(7-3-11)21-9-15(20)18-12-4-5-12;/h2-3,6-7,10,12H,4-5,8-9,16H2,1H3,(H,17,19)(H,18,20);1H. The molecule has 1 aliphatic carbocycles. The van der Waals surface area contributed by atoms with Crippen molar-refractivity contribution in [3.05, 3.63) is 29.8 Å². The second-order valence-electron chi connectivity index (χ2n) is 5.19. The summed E-state index contributed by atoms with van der Waals surface area (Å²) in [5.41, 5.74) is 6.21. The molecule has 1 aliphatic rings. The van der Waals surface area contributed by atoms with E-state index in [-0.39, 0.29) is 43.4 Å². The number of nitrogens with one attached hydrogen (secondary N) is 2. The lowest BCUT2D eigenvalue weighted by atomic mass is 10.1. The van der Waals surface area contributed by atoms with Gasteiger partial charge in [0.05, 0.1) is 12.6 Å². The van der Waals surface area contributed by atoms with E-state index < -0.39 is 0 Å². The van der Waals surface area contributed by atoms with Crippen LogP contribution in [-0.4, -0.2) is 31.0 Å². The Bertz CT molecular complexity index is 503. The molecule has 0 aliphatic heterocycles. The molecule has 1 saturated carbocycles. The highest BCUT2D eigenvalue weighted by molar-refractivity contribution is 5.85. The molecular formula is C15H22ClN3O3. The quantitative estimate of drug-likeness (QED) is 0.693. The van der Waals surface area contributed by atoms with Crippen LogP contribution in [0.5, 0.6) is 5.75 Å². The van der Waals surface area contributed by atoms with Gasteiger partial charge in [-0.3, -0.25) is 9.59 Å². The Morgan fingerprint density at radius 2 is 1.91 bits per heavy atom. The highest BCUT2D eigenvalue weighted by Gasteiger charge is 2.23. The van der Waals surface area contributed by atoms with E-state index in [1.807, 2.05) is 19.1 Å². The van der Waals surface area contributed by atoms with Gasteiger partial charge in [0, 0.05) is 6.04 Å². The van der Waals surface area contributed by atoms with Crippen LogP contribution in [0.4, 0.5) is 0 Å². The molecule has 4 N–H and O–H groups in total. The fourth-order valence-electron chi connectivity index (χ4n) is 1.88. The van der Waals surface area contributed by atoms with Crippen molar-refractivity contribution in [3.8, 4) is 5.75 Å². The van der Waals surface area contributed by atoms with Crippen LogP contribution in [0.25, 0.3) is 0 Å². The first-order chi connectivity index (χ1) is 10.1. The van der Waals surface area contributed by atoms with Crippen LogP contribution in [0.2, 0.25) is 0 Å². The minimum absolute atomic E-state index is 0. The van der Waals surface area contributed by atoms with Crippen molar-refractivity contribution in [1.82, 2.24) is 10.6 Å². The Morgan fingerprint density at radius 3 is 2.45 bits per heavy atom. The summed E-state index contributed by atoms with van der Waals surface area (Å²) in [5.74, 6) is 0.340. The van der Waals surface area contributed by atoms with E-state index in [2.05, 4.69) is 10.6 Å². The average molecular weight is 328 g/mol. The lowest BCUT2D eigenvalue weighted by Crippen LogP contribution is -2.32. The molecule has 0 heterocycles. The number of ether oxygens (including phenoxy) is 1. The molecule has 1 aromatic carbocycles. The highest BCUT2D eigenvalue weighted by atomic mass is 35.5. The van der Waals surface area contributed by atoms with Crippen molar-refractivity contribution in [2.75, 3.05) is 13.2 Å². The zero-order valence-corrected chi connectivity index (χ0v) is 13.3. The zero-order valence-electron chi connectivity index (χ0n) is 12.5. The van der Waals surface area contributed by atoms with Crippen molar-refractivity contribution in [1.29, 1.82) is 0 Å². The van der Waals surface area contributed by atoms with Gasteiger partial charge in [0.2, 0.25) is 5.91 Å². The second-order valence-corrected chi connectivity index (χ2v) is 5.19. The number of rotatable bonds is 7. The van der Waals surface area contributed by atoms with E-state index >= 15 is 0 Å². The number of carbonyl (C=O) groups excluding carboxylic acids is 2. The number of nitrogens with two attached hydrogens (primary N) is 1. The Morgan fingerprint density at radius 1 is 1.27 bits per heavy atom. The highest BCUT2D eigenvalue weighted by Crippen LogP contribution is 2.19. The molecule has 0 spiro atoms. The van der Waals surface area contributed by atoms with Crippen molar-refractivity contribution in [2.45, 2.75) is 31.8 Å². The number of amides is 2. The molecule has 7 heteroatoms. The third-order valence-electron chi connectivity index (χ3n) is 3.26. The summed E-state index contributed by atoms with van der Waals surface area (Å²) in [7, 11) is 0. The Balaban J connectivity index is 0.00000242. The molecule has 1 fully saturated rings. The molecule has 22 heavy (non-hydrogen) atoms. The third-order valence-corrected chi connectivity index (χ3v) is 3.26. The Hall–Kier alpha value is -1.79. The summed E-state index contributed by atoms with van der Waals surface area (Å²) in [6, 6.07) is 7.50. The predicted octanol–water partition coefficient (Wildman–Crippen LogP) is 0.902. The Kier molecular flexibility index (Phi) is 7.14. The van der Waals surface area contributed by atoms with Gasteiger partial charge in [-0.05, 0) is 37.5 Å².